The Morgan fingerprint density at radius 2 is 1.88 bits per heavy atom. The van der Waals surface area contributed by atoms with Gasteiger partial charge in [0.25, 0.3) is 0 Å². The molecule has 96 valence electrons. The number of ether oxygens (including phenoxy) is 1. The van der Waals surface area contributed by atoms with E-state index in [-0.39, 0.29) is 0 Å². The quantitative estimate of drug-likeness (QED) is 0.818. The number of aliphatic hydroxyl groups is 1. The van der Waals surface area contributed by atoms with Crippen LogP contribution in [0.15, 0.2) is 0 Å². The first kappa shape index (κ1) is 13.8. The minimum Gasteiger partial charge on any atom is -0.392 e. The first-order valence-electron chi connectivity index (χ1n) is 5.68. The predicted molar refractivity (Wildman–Crippen MR) is 54.0 cm³/mol. The molecule has 0 spiro atoms. The maximum absolute atomic E-state index is 12.3. The molecule has 1 rings (SSSR count). The molecule has 5 heteroatoms. The first-order valence-corrected chi connectivity index (χ1v) is 5.68. The van der Waals surface area contributed by atoms with E-state index in [2.05, 4.69) is 0 Å². The van der Waals surface area contributed by atoms with Crippen LogP contribution in [0.3, 0.4) is 0 Å². The number of aliphatic hydroxyl groups excluding tert-OH is 1. The van der Waals surface area contributed by atoms with Crippen molar-refractivity contribution in [2.75, 3.05) is 0 Å². The average Bonchev–Trinajstić information content (AvgIpc) is 2.17. The van der Waals surface area contributed by atoms with Gasteiger partial charge in [-0.2, -0.15) is 13.2 Å². The van der Waals surface area contributed by atoms with E-state index >= 15 is 0 Å². The molecule has 0 radical (unpaired) electrons. The standard InChI is InChI=1S/C11H19F3O2/c1-4-10(5-2)8(15)6-9(10)16-7(3)11(12,13)14/h7-9,15H,4-6H2,1-3H3. The molecule has 0 aromatic carbocycles. The fraction of sp³-hybridized carbons (Fsp3) is 1.00. The molecule has 1 aliphatic carbocycles. The van der Waals surface area contributed by atoms with Crippen LogP contribution in [0.2, 0.25) is 0 Å². The number of hydrogen-bond acceptors (Lipinski definition) is 2. The Balaban J connectivity index is 2.63. The van der Waals surface area contributed by atoms with Gasteiger partial charge >= 0.3 is 6.18 Å². The van der Waals surface area contributed by atoms with Crippen LogP contribution >= 0.6 is 0 Å². The lowest BCUT2D eigenvalue weighted by Gasteiger charge is -2.53. The van der Waals surface area contributed by atoms with Gasteiger partial charge in [-0.1, -0.05) is 13.8 Å². The molecule has 1 N–H and O–H groups in total. The highest BCUT2D eigenvalue weighted by Crippen LogP contribution is 2.49. The molecule has 3 atom stereocenters. The zero-order chi connectivity index (χ0) is 12.6. The maximum Gasteiger partial charge on any atom is 0.414 e. The lowest BCUT2D eigenvalue weighted by Crippen LogP contribution is -2.59. The molecule has 0 amide bonds. The molecule has 0 aromatic heterocycles. The van der Waals surface area contributed by atoms with Crippen molar-refractivity contribution >= 4 is 0 Å². The van der Waals surface area contributed by atoms with Gasteiger partial charge in [-0.25, -0.2) is 0 Å². The molecule has 0 aliphatic heterocycles. The SMILES string of the molecule is CCC1(CC)C(O)CC1OC(C)C(F)(F)F. The lowest BCUT2D eigenvalue weighted by atomic mass is 9.60. The van der Waals surface area contributed by atoms with Crippen LogP contribution in [0, 0.1) is 5.41 Å². The second kappa shape index (κ2) is 4.53. The Morgan fingerprint density at radius 1 is 1.38 bits per heavy atom. The minimum atomic E-state index is -4.33. The highest BCUT2D eigenvalue weighted by atomic mass is 19.4. The fourth-order valence-corrected chi connectivity index (χ4v) is 2.42. The van der Waals surface area contributed by atoms with Crippen LogP contribution in [0.1, 0.15) is 40.0 Å². The summed E-state index contributed by atoms with van der Waals surface area (Å²) < 4.78 is 42.1. The molecule has 3 unspecified atom stereocenters. The van der Waals surface area contributed by atoms with Gasteiger partial charge < -0.3 is 9.84 Å². The highest BCUT2D eigenvalue weighted by Gasteiger charge is 2.55. The molecule has 0 bridgehead atoms. The number of hydrogen-bond donors (Lipinski definition) is 1. The lowest BCUT2D eigenvalue weighted by molar-refractivity contribution is -0.277. The Labute approximate surface area is 93.8 Å². The Morgan fingerprint density at radius 3 is 2.19 bits per heavy atom. The Kier molecular flexibility index (Phi) is 3.90. The first-order chi connectivity index (χ1) is 7.28. The second-order valence-corrected chi connectivity index (χ2v) is 4.50. The maximum atomic E-state index is 12.3. The normalized spacial score (nSPS) is 30.9. The monoisotopic (exact) mass is 240 g/mol. The summed E-state index contributed by atoms with van der Waals surface area (Å²) in [5.41, 5.74) is -0.487. The Hall–Kier alpha value is -0.290. The van der Waals surface area contributed by atoms with Crippen LogP contribution in [-0.4, -0.2) is 29.6 Å². The van der Waals surface area contributed by atoms with Gasteiger partial charge in [-0.3, -0.25) is 0 Å². The van der Waals surface area contributed by atoms with E-state index < -0.39 is 29.9 Å². The molecule has 1 fully saturated rings. The third-order valence-electron chi connectivity index (χ3n) is 3.89. The molecule has 0 aromatic rings. The smallest absolute Gasteiger partial charge is 0.392 e. The van der Waals surface area contributed by atoms with Crippen LogP contribution < -0.4 is 0 Å². The van der Waals surface area contributed by atoms with E-state index in [4.69, 9.17) is 4.74 Å². The number of alkyl halides is 3. The van der Waals surface area contributed by atoms with Gasteiger partial charge in [-0.05, 0) is 19.8 Å². The van der Waals surface area contributed by atoms with E-state index in [1.54, 1.807) is 0 Å². The zero-order valence-corrected chi connectivity index (χ0v) is 9.84. The van der Waals surface area contributed by atoms with Gasteiger partial charge in [0.2, 0.25) is 0 Å². The molecule has 1 aliphatic rings. The van der Waals surface area contributed by atoms with Crippen molar-refractivity contribution in [3.05, 3.63) is 0 Å². The molecule has 1 saturated carbocycles. The topological polar surface area (TPSA) is 29.5 Å². The molecular formula is C11H19F3O2. The molecule has 0 heterocycles. The summed E-state index contributed by atoms with van der Waals surface area (Å²) in [4.78, 5) is 0. The van der Waals surface area contributed by atoms with E-state index in [1.165, 1.54) is 0 Å². The van der Waals surface area contributed by atoms with E-state index in [0.717, 1.165) is 6.92 Å². The minimum absolute atomic E-state index is 0.308. The molecule has 2 nitrogen and oxygen atoms in total. The molecule has 16 heavy (non-hydrogen) atoms. The van der Waals surface area contributed by atoms with Crippen molar-refractivity contribution in [2.24, 2.45) is 5.41 Å². The van der Waals surface area contributed by atoms with E-state index in [9.17, 15) is 18.3 Å². The summed E-state index contributed by atoms with van der Waals surface area (Å²) in [6.45, 7) is 4.77. The van der Waals surface area contributed by atoms with Crippen molar-refractivity contribution in [3.63, 3.8) is 0 Å². The predicted octanol–water partition coefficient (Wildman–Crippen LogP) is 2.89. The third kappa shape index (κ3) is 2.20. The van der Waals surface area contributed by atoms with Gasteiger partial charge in [0.1, 0.15) is 0 Å². The third-order valence-corrected chi connectivity index (χ3v) is 3.89. The molecule has 0 saturated heterocycles. The van der Waals surface area contributed by atoms with Crippen LogP contribution in [0.4, 0.5) is 13.2 Å². The summed E-state index contributed by atoms with van der Waals surface area (Å²) in [6.07, 6.45) is -5.51. The summed E-state index contributed by atoms with van der Waals surface area (Å²) >= 11 is 0. The van der Waals surface area contributed by atoms with Crippen molar-refractivity contribution in [1.82, 2.24) is 0 Å². The van der Waals surface area contributed by atoms with Crippen molar-refractivity contribution in [1.29, 1.82) is 0 Å². The van der Waals surface area contributed by atoms with Gasteiger partial charge in [0.15, 0.2) is 6.10 Å². The van der Waals surface area contributed by atoms with E-state index in [0.29, 0.717) is 19.3 Å². The Bertz CT molecular complexity index is 236. The summed E-state index contributed by atoms with van der Waals surface area (Å²) in [7, 11) is 0. The van der Waals surface area contributed by atoms with Crippen LogP contribution in [0.5, 0.6) is 0 Å². The van der Waals surface area contributed by atoms with Crippen molar-refractivity contribution in [2.45, 2.75) is 64.5 Å². The fourth-order valence-electron chi connectivity index (χ4n) is 2.42. The summed E-state index contributed by atoms with van der Waals surface area (Å²) in [5, 5.41) is 9.68. The zero-order valence-electron chi connectivity index (χ0n) is 9.84. The highest BCUT2D eigenvalue weighted by molar-refractivity contribution is 5.03. The van der Waals surface area contributed by atoms with Gasteiger partial charge in [0, 0.05) is 11.8 Å². The average molecular weight is 240 g/mol. The van der Waals surface area contributed by atoms with Crippen LogP contribution in [-0.2, 0) is 4.74 Å². The summed E-state index contributed by atoms with van der Waals surface area (Å²) in [5.74, 6) is 0. The molecular weight excluding hydrogens is 221 g/mol. The number of halogens is 3. The number of rotatable bonds is 4. The van der Waals surface area contributed by atoms with Gasteiger partial charge in [0.05, 0.1) is 12.2 Å². The van der Waals surface area contributed by atoms with Gasteiger partial charge in [-0.15, -0.1) is 0 Å². The largest absolute Gasteiger partial charge is 0.414 e. The van der Waals surface area contributed by atoms with E-state index in [1.807, 2.05) is 13.8 Å². The second-order valence-electron chi connectivity index (χ2n) is 4.50. The summed E-state index contributed by atoms with van der Waals surface area (Å²) in [6, 6.07) is 0. The van der Waals surface area contributed by atoms with Crippen molar-refractivity contribution in [3.8, 4) is 0 Å². The van der Waals surface area contributed by atoms with Crippen molar-refractivity contribution < 1.29 is 23.0 Å². The van der Waals surface area contributed by atoms with Crippen LogP contribution in [0.25, 0.3) is 0 Å².